The van der Waals surface area contributed by atoms with E-state index in [0.717, 1.165) is 12.1 Å². The predicted octanol–water partition coefficient (Wildman–Crippen LogP) is 5.22. The van der Waals surface area contributed by atoms with Gasteiger partial charge in [-0.25, -0.2) is 8.78 Å². The van der Waals surface area contributed by atoms with Crippen LogP contribution in [-0.4, -0.2) is 5.91 Å². The zero-order valence-electron chi connectivity index (χ0n) is 10.4. The molecule has 0 spiro atoms. The normalized spacial score (nSPS) is 10.5. The van der Waals surface area contributed by atoms with Gasteiger partial charge in [0, 0.05) is 15.1 Å². The van der Waals surface area contributed by atoms with Crippen LogP contribution in [0.4, 0.5) is 14.5 Å². The second-order valence-electron chi connectivity index (χ2n) is 4.17. The Labute approximate surface area is 138 Å². The first-order chi connectivity index (χ1) is 9.88. The van der Waals surface area contributed by atoms with Gasteiger partial charge in [0.05, 0.1) is 17.1 Å². The lowest BCUT2D eigenvalue weighted by Crippen LogP contribution is -2.16. The molecule has 110 valence electrons. The first kappa shape index (κ1) is 16.2. The fourth-order valence-electron chi connectivity index (χ4n) is 1.71. The smallest absolute Gasteiger partial charge is 0.229 e. The standard InChI is InChI=1S/C14H8BrCl2F2NO/c15-9-4-7(18)5-11(17)14(9)20-13(21)6-8-10(16)2-1-3-12(8)19/h1-5H,6H2,(H,20,21). The van der Waals surface area contributed by atoms with Gasteiger partial charge in [-0.05, 0) is 40.2 Å². The quantitative estimate of drug-likeness (QED) is 0.760. The third-order valence-corrected chi connectivity index (χ3v) is 3.95. The summed E-state index contributed by atoms with van der Waals surface area (Å²) in [6, 6.07) is 6.39. The van der Waals surface area contributed by atoms with E-state index in [9.17, 15) is 13.6 Å². The van der Waals surface area contributed by atoms with Crippen LogP contribution >= 0.6 is 39.1 Å². The number of rotatable bonds is 3. The zero-order chi connectivity index (χ0) is 15.6. The average Bonchev–Trinajstić information content (AvgIpc) is 2.38. The van der Waals surface area contributed by atoms with Crippen molar-refractivity contribution in [3.8, 4) is 0 Å². The molecule has 21 heavy (non-hydrogen) atoms. The van der Waals surface area contributed by atoms with Crippen LogP contribution in [0.1, 0.15) is 5.56 Å². The molecule has 0 unspecified atom stereocenters. The maximum atomic E-state index is 13.6. The number of hydrogen-bond acceptors (Lipinski definition) is 1. The molecular formula is C14H8BrCl2F2NO. The van der Waals surface area contributed by atoms with E-state index in [1.807, 2.05) is 0 Å². The van der Waals surface area contributed by atoms with Crippen molar-refractivity contribution in [2.75, 3.05) is 5.32 Å². The molecule has 1 amide bonds. The van der Waals surface area contributed by atoms with E-state index < -0.39 is 17.5 Å². The summed E-state index contributed by atoms with van der Waals surface area (Å²) in [5, 5.41) is 2.70. The maximum Gasteiger partial charge on any atom is 0.229 e. The molecule has 2 aromatic rings. The summed E-state index contributed by atoms with van der Waals surface area (Å²) >= 11 is 14.8. The second-order valence-corrected chi connectivity index (χ2v) is 5.84. The van der Waals surface area contributed by atoms with Crippen LogP contribution in [0.15, 0.2) is 34.8 Å². The highest BCUT2D eigenvalue weighted by Crippen LogP contribution is 2.32. The Morgan fingerprint density at radius 1 is 1.19 bits per heavy atom. The van der Waals surface area contributed by atoms with Crippen molar-refractivity contribution in [2.45, 2.75) is 6.42 Å². The van der Waals surface area contributed by atoms with Gasteiger partial charge in [0.25, 0.3) is 0 Å². The number of carbonyl (C=O) groups is 1. The molecule has 7 heteroatoms. The molecule has 0 fully saturated rings. The van der Waals surface area contributed by atoms with Crippen molar-refractivity contribution < 1.29 is 13.6 Å². The fraction of sp³-hybridized carbons (Fsp3) is 0.0714. The summed E-state index contributed by atoms with van der Waals surface area (Å²) in [6.45, 7) is 0. The lowest BCUT2D eigenvalue weighted by Gasteiger charge is -2.11. The summed E-state index contributed by atoms with van der Waals surface area (Å²) < 4.78 is 27.0. The predicted molar refractivity (Wildman–Crippen MR) is 82.9 cm³/mol. The minimum absolute atomic E-state index is 0.0369. The van der Waals surface area contributed by atoms with Crippen molar-refractivity contribution >= 4 is 50.7 Å². The van der Waals surface area contributed by atoms with Crippen molar-refractivity contribution in [1.82, 2.24) is 0 Å². The molecule has 0 heterocycles. The van der Waals surface area contributed by atoms with E-state index in [-0.39, 0.29) is 27.7 Å². The van der Waals surface area contributed by atoms with Gasteiger partial charge in [-0.15, -0.1) is 0 Å². The molecule has 0 aliphatic rings. The van der Waals surface area contributed by atoms with Crippen LogP contribution in [0.25, 0.3) is 0 Å². The van der Waals surface area contributed by atoms with Crippen molar-refractivity contribution in [3.05, 3.63) is 62.0 Å². The molecule has 0 saturated carbocycles. The van der Waals surface area contributed by atoms with Crippen LogP contribution in [0, 0.1) is 11.6 Å². The zero-order valence-corrected chi connectivity index (χ0v) is 13.5. The third-order valence-electron chi connectivity index (χ3n) is 2.67. The van der Waals surface area contributed by atoms with Gasteiger partial charge < -0.3 is 5.32 Å². The summed E-state index contributed by atoms with van der Waals surface area (Å²) in [4.78, 5) is 12.0. The van der Waals surface area contributed by atoms with E-state index in [0.29, 0.717) is 4.47 Å². The Bertz CT molecular complexity index is 666. The summed E-state index contributed by atoms with van der Waals surface area (Å²) in [5.41, 5.74) is 0.307. The second kappa shape index (κ2) is 6.73. The molecule has 2 nitrogen and oxygen atoms in total. The number of halogens is 5. The number of hydrogen-bond donors (Lipinski definition) is 1. The highest BCUT2D eigenvalue weighted by Gasteiger charge is 2.15. The van der Waals surface area contributed by atoms with E-state index in [2.05, 4.69) is 21.2 Å². The molecule has 0 aliphatic heterocycles. The van der Waals surface area contributed by atoms with Gasteiger partial charge in [0.2, 0.25) is 5.91 Å². The van der Waals surface area contributed by atoms with Gasteiger partial charge in [0.1, 0.15) is 11.6 Å². The Morgan fingerprint density at radius 3 is 2.52 bits per heavy atom. The number of benzene rings is 2. The van der Waals surface area contributed by atoms with Crippen LogP contribution in [0.5, 0.6) is 0 Å². The highest BCUT2D eigenvalue weighted by atomic mass is 79.9. The molecule has 0 radical (unpaired) electrons. The van der Waals surface area contributed by atoms with Gasteiger partial charge in [-0.1, -0.05) is 29.3 Å². The van der Waals surface area contributed by atoms with Gasteiger partial charge >= 0.3 is 0 Å². The number of nitrogens with one attached hydrogen (secondary N) is 1. The molecule has 0 saturated heterocycles. The van der Waals surface area contributed by atoms with Gasteiger partial charge in [-0.3, -0.25) is 4.79 Å². The Balaban J connectivity index is 2.20. The van der Waals surface area contributed by atoms with Gasteiger partial charge in [-0.2, -0.15) is 0 Å². The molecule has 2 aromatic carbocycles. The molecule has 2 rings (SSSR count). The highest BCUT2D eigenvalue weighted by molar-refractivity contribution is 9.10. The summed E-state index contributed by atoms with van der Waals surface area (Å²) in [7, 11) is 0. The third kappa shape index (κ3) is 3.93. The van der Waals surface area contributed by atoms with Crippen LogP contribution in [0.3, 0.4) is 0 Å². The molecule has 0 atom stereocenters. The fourth-order valence-corrected chi connectivity index (χ4v) is 2.84. The van der Waals surface area contributed by atoms with E-state index in [4.69, 9.17) is 23.2 Å². The minimum atomic E-state index is -0.568. The SMILES string of the molecule is O=C(Cc1c(F)cccc1Cl)Nc1c(Cl)cc(F)cc1Br. The molecule has 0 aromatic heterocycles. The molecule has 1 N–H and O–H groups in total. The van der Waals surface area contributed by atoms with Crippen molar-refractivity contribution in [1.29, 1.82) is 0 Å². The number of amides is 1. The van der Waals surface area contributed by atoms with Crippen molar-refractivity contribution in [2.24, 2.45) is 0 Å². The molecule has 0 aliphatic carbocycles. The Kier molecular flexibility index (Phi) is 5.19. The topological polar surface area (TPSA) is 29.1 Å². The van der Waals surface area contributed by atoms with Crippen LogP contribution in [0.2, 0.25) is 10.0 Å². The maximum absolute atomic E-state index is 13.6. The Morgan fingerprint density at radius 2 is 1.90 bits per heavy atom. The lowest BCUT2D eigenvalue weighted by atomic mass is 10.1. The first-order valence-corrected chi connectivity index (χ1v) is 7.30. The monoisotopic (exact) mass is 393 g/mol. The number of anilines is 1. The minimum Gasteiger partial charge on any atom is -0.324 e. The largest absolute Gasteiger partial charge is 0.324 e. The van der Waals surface area contributed by atoms with Crippen LogP contribution < -0.4 is 5.32 Å². The van der Waals surface area contributed by atoms with E-state index in [1.165, 1.54) is 18.2 Å². The first-order valence-electron chi connectivity index (χ1n) is 5.75. The molecular weight excluding hydrogens is 387 g/mol. The summed E-state index contributed by atoms with van der Waals surface area (Å²) in [5.74, 6) is -1.62. The summed E-state index contributed by atoms with van der Waals surface area (Å²) in [6.07, 6.45) is -0.258. The van der Waals surface area contributed by atoms with Crippen molar-refractivity contribution in [3.63, 3.8) is 0 Å². The lowest BCUT2D eigenvalue weighted by molar-refractivity contribution is -0.115. The molecule has 0 bridgehead atoms. The van der Waals surface area contributed by atoms with Crippen LogP contribution in [-0.2, 0) is 11.2 Å². The van der Waals surface area contributed by atoms with E-state index >= 15 is 0 Å². The number of carbonyl (C=O) groups excluding carboxylic acids is 1. The van der Waals surface area contributed by atoms with Gasteiger partial charge in [0.15, 0.2) is 0 Å². The Hall–Kier alpha value is -1.17. The van der Waals surface area contributed by atoms with E-state index in [1.54, 1.807) is 0 Å². The average molecular weight is 395 g/mol.